The van der Waals surface area contributed by atoms with E-state index >= 15 is 0 Å². The zero-order chi connectivity index (χ0) is 10.0. The van der Waals surface area contributed by atoms with Gasteiger partial charge in [0.25, 0.3) is 5.88 Å². The van der Waals surface area contributed by atoms with Gasteiger partial charge in [0.2, 0.25) is 5.88 Å². The van der Waals surface area contributed by atoms with Crippen molar-refractivity contribution < 1.29 is 18.1 Å². The molecule has 4 rings (SSSR count). The van der Waals surface area contributed by atoms with Crippen molar-refractivity contribution in [2.45, 2.75) is 0 Å². The van der Waals surface area contributed by atoms with Crippen LogP contribution in [-0.4, -0.2) is 19.9 Å². The van der Waals surface area contributed by atoms with Crippen molar-refractivity contribution in [3.63, 3.8) is 0 Å². The number of phosphoric acid groups is 1. The van der Waals surface area contributed by atoms with Crippen LogP contribution in [-0.2, 0) is 4.57 Å². The van der Waals surface area contributed by atoms with Gasteiger partial charge in [0, 0.05) is 0 Å². The summed E-state index contributed by atoms with van der Waals surface area (Å²) in [4.78, 5) is 15.7. The number of aromatic nitrogens is 4. The number of rotatable bonds is 0. The summed E-state index contributed by atoms with van der Waals surface area (Å²) in [5.41, 5.74) is 0.632. The fraction of sp³-hybridized carbons (Fsp3) is 0. The number of nitrogens with zero attached hydrogens (tertiary/aromatic N) is 4. The second kappa shape index (κ2) is 2.01. The average molecular weight is 224 g/mol. The van der Waals surface area contributed by atoms with Crippen LogP contribution in [0.5, 0.6) is 17.8 Å². The molecule has 0 saturated carbocycles. The second-order valence-electron chi connectivity index (χ2n) is 2.91. The Bertz CT molecular complexity index is 653. The van der Waals surface area contributed by atoms with Gasteiger partial charge in [0.05, 0.1) is 6.20 Å². The molecule has 2 aliphatic heterocycles. The number of hydrogen-bond acceptors (Lipinski definition) is 8. The maximum atomic E-state index is 11.9. The van der Waals surface area contributed by atoms with Gasteiger partial charge in [-0.3, -0.25) is 0 Å². The zero-order valence-corrected chi connectivity index (χ0v) is 7.84. The fourth-order valence-corrected chi connectivity index (χ4v) is 2.42. The molecule has 0 N–H and O–H groups in total. The second-order valence-corrected chi connectivity index (χ2v) is 4.36. The summed E-state index contributed by atoms with van der Waals surface area (Å²) in [7, 11) is -3.71. The van der Waals surface area contributed by atoms with E-state index in [1.807, 2.05) is 0 Å². The molecule has 5 bridgehead atoms. The van der Waals surface area contributed by atoms with E-state index in [-0.39, 0.29) is 17.8 Å². The lowest BCUT2D eigenvalue weighted by molar-refractivity contribution is 0.271. The minimum atomic E-state index is -3.71. The van der Waals surface area contributed by atoms with Crippen molar-refractivity contribution in [1.29, 1.82) is 0 Å². The van der Waals surface area contributed by atoms with Gasteiger partial charge in [-0.25, -0.2) is 9.97 Å². The smallest absolute Gasteiger partial charge is 0.366 e. The van der Waals surface area contributed by atoms with E-state index in [2.05, 4.69) is 19.9 Å². The van der Waals surface area contributed by atoms with E-state index in [0.29, 0.717) is 11.2 Å². The quantitative estimate of drug-likeness (QED) is 0.603. The molecule has 1 unspecified atom stereocenters. The molecule has 2 aliphatic rings. The fourth-order valence-electron chi connectivity index (χ4n) is 1.37. The van der Waals surface area contributed by atoms with E-state index < -0.39 is 7.82 Å². The van der Waals surface area contributed by atoms with Gasteiger partial charge in [-0.1, -0.05) is 0 Å². The summed E-state index contributed by atoms with van der Waals surface area (Å²) in [6, 6.07) is -0.0752. The van der Waals surface area contributed by atoms with Crippen LogP contribution in [0.2, 0.25) is 0 Å². The van der Waals surface area contributed by atoms with Gasteiger partial charge in [0.1, 0.15) is 0 Å². The van der Waals surface area contributed by atoms with E-state index in [9.17, 15) is 4.57 Å². The molecule has 2 aromatic rings. The van der Waals surface area contributed by atoms with Crippen LogP contribution in [0.1, 0.15) is 0 Å². The molecule has 0 radical (unpaired) electrons. The maximum Gasteiger partial charge on any atom is 0.652 e. The molecule has 8 nitrogen and oxygen atoms in total. The van der Waals surface area contributed by atoms with Gasteiger partial charge in [-0.05, 0) is 0 Å². The van der Waals surface area contributed by atoms with Crippen molar-refractivity contribution in [1.82, 2.24) is 19.9 Å². The number of fused-ring (bicyclic) bond motifs is 3. The molecule has 0 spiro atoms. The molecule has 0 aliphatic carbocycles. The average Bonchev–Trinajstić information content (AvgIpc) is 2.21. The minimum absolute atomic E-state index is 0.0700. The molecule has 0 amide bonds. The Labute approximate surface area is 81.9 Å². The van der Waals surface area contributed by atoms with E-state index in [4.69, 9.17) is 13.6 Å². The molecule has 1 atom stereocenters. The van der Waals surface area contributed by atoms with Gasteiger partial charge in [0.15, 0.2) is 11.2 Å². The Hall–Kier alpha value is -1.95. The van der Waals surface area contributed by atoms with Crippen LogP contribution < -0.4 is 13.6 Å². The first kappa shape index (κ1) is 7.36. The predicted molar refractivity (Wildman–Crippen MR) is 44.6 cm³/mol. The van der Waals surface area contributed by atoms with E-state index in [0.717, 1.165) is 0 Å². The third-order valence-corrected chi connectivity index (χ3v) is 3.12. The molecule has 0 aromatic carbocycles. The lowest BCUT2D eigenvalue weighted by Gasteiger charge is -2.17. The van der Waals surface area contributed by atoms with Crippen molar-refractivity contribution in [3.05, 3.63) is 6.20 Å². The molecular formula is C6HN4O4P. The largest absolute Gasteiger partial charge is 0.652 e. The summed E-state index contributed by atoms with van der Waals surface area (Å²) in [5, 5.41) is 0. The highest BCUT2D eigenvalue weighted by molar-refractivity contribution is 7.49. The van der Waals surface area contributed by atoms with Crippen LogP contribution >= 0.6 is 7.82 Å². The van der Waals surface area contributed by atoms with Crippen LogP contribution in [0, 0.1) is 0 Å². The van der Waals surface area contributed by atoms with Crippen molar-refractivity contribution in [3.8, 4) is 17.8 Å². The standard InChI is InChI=1S/C6HN4O4P/c11-15-12-2-1-7-4-3(8-2)5(13-15)10-6(9-4)14-15/h1H. The Morgan fingerprint density at radius 3 is 3.00 bits per heavy atom. The summed E-state index contributed by atoms with van der Waals surface area (Å²) in [6.45, 7) is 0. The predicted octanol–water partition coefficient (Wildman–Crippen LogP) is 0.691. The molecular weight excluding hydrogens is 223 g/mol. The Morgan fingerprint density at radius 1 is 1.13 bits per heavy atom. The first-order valence-electron chi connectivity index (χ1n) is 3.95. The van der Waals surface area contributed by atoms with Gasteiger partial charge >= 0.3 is 13.8 Å². The maximum absolute atomic E-state index is 11.9. The minimum Gasteiger partial charge on any atom is -0.366 e. The zero-order valence-electron chi connectivity index (χ0n) is 6.95. The van der Waals surface area contributed by atoms with E-state index in [1.165, 1.54) is 6.20 Å². The van der Waals surface area contributed by atoms with Crippen molar-refractivity contribution >= 4 is 19.0 Å². The first-order valence-corrected chi connectivity index (χ1v) is 5.42. The Kier molecular flexibility index (Phi) is 0.986. The molecule has 15 heavy (non-hydrogen) atoms. The lowest BCUT2D eigenvalue weighted by Crippen LogP contribution is -2.12. The summed E-state index contributed by atoms with van der Waals surface area (Å²) < 4.78 is 26.7. The highest BCUT2D eigenvalue weighted by atomic mass is 31.2. The SMILES string of the molecule is O=P12Oc3cnc4nc(nc(c4n3)O1)O2. The topological polar surface area (TPSA) is 96.3 Å². The van der Waals surface area contributed by atoms with Gasteiger partial charge in [-0.15, -0.1) is 0 Å². The highest BCUT2D eigenvalue weighted by Gasteiger charge is 2.42. The van der Waals surface area contributed by atoms with Crippen LogP contribution in [0.4, 0.5) is 0 Å². The number of hydrogen-bond donors (Lipinski definition) is 0. The van der Waals surface area contributed by atoms with Crippen molar-refractivity contribution in [2.24, 2.45) is 0 Å². The summed E-state index contributed by atoms with van der Waals surface area (Å²) in [6.07, 6.45) is 1.30. The normalized spacial score (nSPS) is 24.8. The van der Waals surface area contributed by atoms with Crippen LogP contribution in [0.25, 0.3) is 11.2 Å². The van der Waals surface area contributed by atoms with Gasteiger partial charge < -0.3 is 13.6 Å². The Balaban J connectivity index is 2.29. The summed E-state index contributed by atoms with van der Waals surface area (Å²) in [5.74, 6) is 0.150. The molecule has 2 aromatic heterocycles. The van der Waals surface area contributed by atoms with E-state index in [1.54, 1.807) is 0 Å². The third kappa shape index (κ3) is 0.841. The lowest BCUT2D eigenvalue weighted by atomic mass is 10.5. The van der Waals surface area contributed by atoms with Crippen molar-refractivity contribution in [2.75, 3.05) is 0 Å². The van der Waals surface area contributed by atoms with Gasteiger partial charge in [-0.2, -0.15) is 14.5 Å². The molecule has 0 saturated heterocycles. The summed E-state index contributed by atoms with van der Waals surface area (Å²) >= 11 is 0. The monoisotopic (exact) mass is 224 g/mol. The molecule has 4 heterocycles. The highest BCUT2D eigenvalue weighted by Crippen LogP contribution is 2.54. The molecule has 9 heteroatoms. The van der Waals surface area contributed by atoms with Crippen LogP contribution in [0.3, 0.4) is 0 Å². The molecule has 74 valence electrons. The number of phosphoric ester groups is 1. The van der Waals surface area contributed by atoms with Crippen LogP contribution in [0.15, 0.2) is 6.20 Å². The third-order valence-electron chi connectivity index (χ3n) is 1.93. The first-order chi connectivity index (χ1) is 7.22. The Morgan fingerprint density at radius 2 is 2.07 bits per heavy atom. The molecule has 0 fully saturated rings.